The van der Waals surface area contributed by atoms with Gasteiger partial charge in [0, 0.05) is 19.4 Å². The van der Waals surface area contributed by atoms with Crippen molar-refractivity contribution in [2.24, 2.45) is 11.8 Å². The van der Waals surface area contributed by atoms with Gasteiger partial charge in [0.1, 0.15) is 5.75 Å². The Hall–Kier alpha value is -1.12. The third kappa shape index (κ3) is 9.50. The van der Waals surface area contributed by atoms with Crippen molar-refractivity contribution in [1.29, 1.82) is 0 Å². The van der Waals surface area contributed by atoms with E-state index in [1.165, 1.54) is 11.8 Å². The third-order valence-electron chi connectivity index (χ3n) is 6.79. The number of carbonyl (C=O) groups is 1. The highest BCUT2D eigenvalue weighted by atomic mass is 32.2. The van der Waals surface area contributed by atoms with Crippen molar-refractivity contribution < 1.29 is 28.8 Å². The summed E-state index contributed by atoms with van der Waals surface area (Å²) in [5.41, 5.74) is 1.05. The number of hydrogen-bond acceptors (Lipinski definition) is 7. The van der Waals surface area contributed by atoms with Crippen LogP contribution in [-0.2, 0) is 25.6 Å². The molecule has 0 bridgehead atoms. The Balaban J connectivity index is 2.03. The summed E-state index contributed by atoms with van der Waals surface area (Å²) in [6, 6.07) is 7.82. The Bertz CT molecular complexity index is 712. The van der Waals surface area contributed by atoms with Gasteiger partial charge in [0.2, 0.25) is 0 Å². The Morgan fingerprint density at radius 3 is 2.53 bits per heavy atom. The average molecular weight is 497 g/mol. The van der Waals surface area contributed by atoms with Crippen LogP contribution in [0.4, 0.5) is 0 Å². The second-order valence-corrected chi connectivity index (χ2v) is 10.8. The molecule has 2 rings (SSSR count). The number of ether oxygens (including phenoxy) is 4. The Kier molecular flexibility index (Phi) is 12.9. The largest absolute Gasteiger partial charge is 0.497 e. The summed E-state index contributed by atoms with van der Waals surface area (Å²) in [5, 5.41) is 10.9. The van der Waals surface area contributed by atoms with Gasteiger partial charge >= 0.3 is 0 Å². The smallest absolute Gasteiger partial charge is 0.191 e. The summed E-state index contributed by atoms with van der Waals surface area (Å²) < 4.78 is 23.4. The minimum absolute atomic E-state index is 0.0265. The number of rotatable bonds is 14. The molecule has 0 unspecified atom stereocenters. The van der Waals surface area contributed by atoms with Crippen LogP contribution in [0.15, 0.2) is 24.3 Å². The zero-order valence-electron chi connectivity index (χ0n) is 21.7. The SMILES string of the molecule is CCSC(=O)C[C@H](O)[C@@H](C)[C@@H](OCc1ccc(OC)cc1)[C@@H](C)CC[C@H]1C[C@H](OC)C[C@H](C)O1. The molecule has 0 amide bonds. The van der Waals surface area contributed by atoms with Gasteiger partial charge in [-0.1, -0.05) is 44.7 Å². The lowest BCUT2D eigenvalue weighted by Crippen LogP contribution is -2.39. The lowest BCUT2D eigenvalue weighted by Gasteiger charge is -2.36. The number of hydrogen-bond donors (Lipinski definition) is 1. The van der Waals surface area contributed by atoms with E-state index in [1.54, 1.807) is 14.2 Å². The van der Waals surface area contributed by atoms with E-state index in [0.717, 1.165) is 42.7 Å². The van der Waals surface area contributed by atoms with E-state index in [2.05, 4.69) is 13.8 Å². The second-order valence-electron chi connectivity index (χ2n) is 9.51. The molecule has 1 aliphatic rings. The van der Waals surface area contributed by atoms with Crippen molar-refractivity contribution in [3.05, 3.63) is 29.8 Å². The predicted octanol–water partition coefficient (Wildman–Crippen LogP) is 5.25. The van der Waals surface area contributed by atoms with Crippen molar-refractivity contribution in [2.75, 3.05) is 20.0 Å². The lowest BCUT2D eigenvalue weighted by atomic mass is 9.84. The van der Waals surface area contributed by atoms with Gasteiger partial charge in [0.25, 0.3) is 0 Å². The van der Waals surface area contributed by atoms with Crippen molar-refractivity contribution in [3.8, 4) is 5.75 Å². The number of carbonyl (C=O) groups excluding carboxylic acids is 1. The molecule has 1 heterocycles. The summed E-state index contributed by atoms with van der Waals surface area (Å²) in [5.74, 6) is 1.54. The van der Waals surface area contributed by atoms with E-state index in [1.807, 2.05) is 38.1 Å². The number of benzene rings is 1. The van der Waals surface area contributed by atoms with Crippen LogP contribution in [0.25, 0.3) is 0 Å². The first kappa shape index (κ1) is 29.1. The first-order valence-corrected chi connectivity index (χ1v) is 13.5. The van der Waals surface area contributed by atoms with Crippen LogP contribution in [0.2, 0.25) is 0 Å². The van der Waals surface area contributed by atoms with Gasteiger partial charge in [-0.25, -0.2) is 0 Å². The van der Waals surface area contributed by atoms with Crippen LogP contribution < -0.4 is 4.74 Å². The van der Waals surface area contributed by atoms with Gasteiger partial charge in [-0.15, -0.1) is 0 Å². The number of aliphatic hydroxyl groups is 1. The quantitative estimate of drug-likeness (QED) is 0.377. The maximum atomic E-state index is 12.1. The first-order valence-electron chi connectivity index (χ1n) is 12.5. The molecule has 1 aromatic rings. The summed E-state index contributed by atoms with van der Waals surface area (Å²) >= 11 is 1.26. The van der Waals surface area contributed by atoms with Crippen LogP contribution in [0.1, 0.15) is 65.4 Å². The fraction of sp³-hybridized carbons (Fsp3) is 0.741. The fourth-order valence-corrected chi connectivity index (χ4v) is 5.35. The summed E-state index contributed by atoms with van der Waals surface area (Å²) in [4.78, 5) is 12.1. The van der Waals surface area contributed by atoms with Gasteiger partial charge in [0.05, 0.1) is 44.2 Å². The van der Waals surface area contributed by atoms with Crippen molar-refractivity contribution >= 4 is 16.9 Å². The van der Waals surface area contributed by atoms with E-state index >= 15 is 0 Å². The molecule has 1 aliphatic heterocycles. The standard InChI is InChI=1S/C27H44O6S/c1-7-34-26(29)16-25(28)20(4)27(32-17-21-9-12-22(30-5)13-10-21)18(2)8-11-23-15-24(31-6)14-19(3)33-23/h9-10,12-13,18-20,23-25,27-28H,7-8,11,14-17H2,1-6H3/t18-,19-,20+,23-,24+,25-,27-/m0/s1. The zero-order valence-corrected chi connectivity index (χ0v) is 22.5. The molecule has 1 fully saturated rings. The predicted molar refractivity (Wildman–Crippen MR) is 137 cm³/mol. The molecule has 0 spiro atoms. The normalized spacial score (nSPS) is 24.3. The fourth-order valence-electron chi connectivity index (χ4n) is 4.73. The van der Waals surface area contributed by atoms with E-state index < -0.39 is 6.10 Å². The molecular formula is C27H44O6S. The van der Waals surface area contributed by atoms with Gasteiger partial charge in [-0.05, 0) is 62.0 Å². The van der Waals surface area contributed by atoms with Crippen LogP contribution in [-0.4, -0.2) is 60.7 Å². The molecule has 7 atom stereocenters. The monoisotopic (exact) mass is 496 g/mol. The third-order valence-corrected chi connectivity index (χ3v) is 7.57. The van der Waals surface area contributed by atoms with Crippen molar-refractivity contribution in [1.82, 2.24) is 0 Å². The summed E-state index contributed by atoms with van der Waals surface area (Å²) in [6.45, 7) is 8.65. The highest BCUT2D eigenvalue weighted by Crippen LogP contribution is 2.30. The van der Waals surface area contributed by atoms with E-state index in [0.29, 0.717) is 6.61 Å². The molecule has 1 N–H and O–H groups in total. The van der Waals surface area contributed by atoms with Crippen LogP contribution in [0, 0.1) is 11.8 Å². The van der Waals surface area contributed by atoms with Crippen molar-refractivity contribution in [2.45, 2.75) is 96.9 Å². The lowest BCUT2D eigenvalue weighted by molar-refractivity contribution is -0.116. The molecule has 0 saturated carbocycles. The second kappa shape index (κ2) is 15.1. The van der Waals surface area contributed by atoms with E-state index in [-0.39, 0.29) is 47.8 Å². The molecule has 194 valence electrons. The first-order chi connectivity index (χ1) is 16.3. The molecule has 34 heavy (non-hydrogen) atoms. The topological polar surface area (TPSA) is 74.2 Å². The molecule has 7 heteroatoms. The number of thioether (sulfide) groups is 1. The van der Waals surface area contributed by atoms with Crippen molar-refractivity contribution in [3.63, 3.8) is 0 Å². The highest BCUT2D eigenvalue weighted by Gasteiger charge is 2.33. The molecule has 0 radical (unpaired) electrons. The minimum atomic E-state index is -0.737. The highest BCUT2D eigenvalue weighted by molar-refractivity contribution is 8.13. The Morgan fingerprint density at radius 2 is 1.91 bits per heavy atom. The minimum Gasteiger partial charge on any atom is -0.497 e. The summed E-state index contributed by atoms with van der Waals surface area (Å²) in [6.07, 6.45) is 3.51. The zero-order chi connectivity index (χ0) is 25.1. The summed E-state index contributed by atoms with van der Waals surface area (Å²) in [7, 11) is 3.42. The average Bonchev–Trinajstić information content (AvgIpc) is 2.82. The van der Waals surface area contributed by atoms with Gasteiger partial charge < -0.3 is 24.1 Å². The van der Waals surface area contributed by atoms with Crippen LogP contribution >= 0.6 is 11.8 Å². The molecule has 6 nitrogen and oxygen atoms in total. The molecular weight excluding hydrogens is 452 g/mol. The number of methoxy groups -OCH3 is 2. The Labute approximate surface area is 210 Å². The molecule has 0 aliphatic carbocycles. The maximum Gasteiger partial charge on any atom is 0.191 e. The molecule has 1 saturated heterocycles. The molecule has 1 aromatic carbocycles. The van der Waals surface area contributed by atoms with Gasteiger partial charge in [-0.3, -0.25) is 4.79 Å². The number of aliphatic hydroxyl groups excluding tert-OH is 1. The molecule has 0 aromatic heterocycles. The van der Waals surface area contributed by atoms with Gasteiger partial charge in [-0.2, -0.15) is 0 Å². The Morgan fingerprint density at radius 1 is 1.21 bits per heavy atom. The van der Waals surface area contributed by atoms with Gasteiger partial charge in [0.15, 0.2) is 5.12 Å². The van der Waals surface area contributed by atoms with Crippen LogP contribution in [0.5, 0.6) is 5.75 Å². The maximum absolute atomic E-state index is 12.1. The van der Waals surface area contributed by atoms with Crippen LogP contribution in [0.3, 0.4) is 0 Å². The van der Waals surface area contributed by atoms with E-state index in [4.69, 9.17) is 18.9 Å². The van der Waals surface area contributed by atoms with E-state index in [9.17, 15) is 9.90 Å².